The van der Waals surface area contributed by atoms with Gasteiger partial charge in [0.15, 0.2) is 0 Å². The zero-order valence-electron chi connectivity index (χ0n) is 29.1. The van der Waals surface area contributed by atoms with Gasteiger partial charge in [0.2, 0.25) is 5.91 Å². The van der Waals surface area contributed by atoms with E-state index in [0.29, 0.717) is 24.5 Å². The molecular formula is C40H40N8O4. The van der Waals surface area contributed by atoms with Crippen LogP contribution in [0.4, 0.5) is 15.3 Å². The van der Waals surface area contributed by atoms with Crippen molar-refractivity contribution in [2.75, 3.05) is 25.2 Å². The van der Waals surface area contributed by atoms with Crippen LogP contribution in [0.1, 0.15) is 62.8 Å². The van der Waals surface area contributed by atoms with E-state index in [1.165, 1.54) is 12.1 Å². The number of urea groups is 1. The fourth-order valence-corrected chi connectivity index (χ4v) is 7.49. The number of likely N-dealkylation sites (tertiary alicyclic amines) is 2. The van der Waals surface area contributed by atoms with Crippen LogP contribution < -0.4 is 10.4 Å². The quantitative estimate of drug-likeness (QED) is 0.151. The lowest BCUT2D eigenvalue weighted by atomic mass is 10.00. The number of carbonyl (C=O) groups excluding carboxylic acids is 3. The number of hydrogen-bond acceptors (Lipinski definition) is 6. The molecule has 2 saturated heterocycles. The smallest absolute Gasteiger partial charge is 0.426 e. The molecule has 8 rings (SSSR count). The summed E-state index contributed by atoms with van der Waals surface area (Å²) in [5, 5.41) is 1.22. The molecule has 12 nitrogen and oxygen atoms in total. The van der Waals surface area contributed by atoms with E-state index >= 15 is 0 Å². The van der Waals surface area contributed by atoms with Crippen LogP contribution in [0.2, 0.25) is 0 Å². The van der Waals surface area contributed by atoms with Gasteiger partial charge in [-0.2, -0.15) is 5.01 Å². The van der Waals surface area contributed by atoms with Gasteiger partial charge in [0.1, 0.15) is 11.6 Å². The van der Waals surface area contributed by atoms with Crippen LogP contribution in [-0.4, -0.2) is 68.0 Å². The van der Waals surface area contributed by atoms with Crippen LogP contribution in [-0.2, 0) is 9.53 Å². The van der Waals surface area contributed by atoms with E-state index in [1.54, 1.807) is 29.2 Å². The number of hydrazine groups is 1. The molecule has 0 radical (unpaired) electrons. The normalized spacial score (nSPS) is 17.2. The Morgan fingerprint density at radius 3 is 1.81 bits per heavy atom. The Hall–Kier alpha value is -6.17. The Morgan fingerprint density at radius 2 is 1.27 bits per heavy atom. The Balaban J connectivity index is 1.00. The number of aromatic nitrogens is 4. The Kier molecular flexibility index (Phi) is 8.80. The van der Waals surface area contributed by atoms with Gasteiger partial charge in [0.05, 0.1) is 46.9 Å². The molecule has 264 valence electrons. The number of rotatable bonds is 6. The highest BCUT2D eigenvalue weighted by Gasteiger charge is 2.36. The maximum absolute atomic E-state index is 13.9. The van der Waals surface area contributed by atoms with Gasteiger partial charge in [-0.3, -0.25) is 4.79 Å². The van der Waals surface area contributed by atoms with Crippen molar-refractivity contribution < 1.29 is 19.1 Å². The highest BCUT2D eigenvalue weighted by molar-refractivity contribution is 5.94. The second-order valence-electron chi connectivity index (χ2n) is 13.3. The van der Waals surface area contributed by atoms with Crippen LogP contribution in [0.3, 0.4) is 0 Å². The number of hydrogen-bond donors (Lipinski definition) is 3. The summed E-state index contributed by atoms with van der Waals surface area (Å²) in [7, 11) is 1.26. The van der Waals surface area contributed by atoms with Crippen molar-refractivity contribution in [2.45, 2.75) is 51.1 Å². The predicted octanol–water partition coefficient (Wildman–Crippen LogP) is 7.88. The number of benzene rings is 4. The van der Waals surface area contributed by atoms with E-state index in [0.717, 1.165) is 82.4 Å². The summed E-state index contributed by atoms with van der Waals surface area (Å²) in [6.07, 6.45) is 3.23. The number of fused-ring (bicyclic) bond motifs is 2. The number of aromatic amines is 2. The SMILES string of the molecule is CCC(=O)N1CCC[C@H]1c1nc2ccc(-c3ccc(-c4ccc5nc([C@@H]6CCCN6C(=O)N(NC(=O)OC)c6ccccc6)[nH]c5c4)cc3)cc2[nH]1. The molecule has 0 bridgehead atoms. The van der Waals surface area contributed by atoms with Crippen molar-refractivity contribution in [2.24, 2.45) is 0 Å². The summed E-state index contributed by atoms with van der Waals surface area (Å²) in [5.41, 5.74) is 10.9. The summed E-state index contributed by atoms with van der Waals surface area (Å²) in [6, 6.07) is 29.2. The van der Waals surface area contributed by atoms with Crippen LogP contribution in [0, 0.1) is 0 Å². The van der Waals surface area contributed by atoms with Crippen LogP contribution in [0.25, 0.3) is 44.3 Å². The van der Waals surface area contributed by atoms with E-state index in [4.69, 9.17) is 14.7 Å². The molecule has 6 aromatic rings. The average Bonchev–Trinajstić information content (AvgIpc) is 4.01. The predicted molar refractivity (Wildman–Crippen MR) is 199 cm³/mol. The molecule has 2 aliphatic heterocycles. The molecule has 0 spiro atoms. The summed E-state index contributed by atoms with van der Waals surface area (Å²) < 4.78 is 4.79. The third-order valence-corrected chi connectivity index (χ3v) is 10.2. The Morgan fingerprint density at radius 1 is 0.750 bits per heavy atom. The van der Waals surface area contributed by atoms with Crippen molar-refractivity contribution >= 4 is 45.8 Å². The molecule has 2 atom stereocenters. The minimum Gasteiger partial charge on any atom is -0.452 e. The summed E-state index contributed by atoms with van der Waals surface area (Å²) in [4.78, 5) is 58.9. The molecule has 12 heteroatoms. The Bertz CT molecular complexity index is 2260. The number of ether oxygens (including phenoxy) is 1. The van der Waals surface area contributed by atoms with Crippen molar-refractivity contribution in [3.05, 3.63) is 103 Å². The number of carbonyl (C=O) groups is 3. The first-order valence-electron chi connectivity index (χ1n) is 17.8. The first-order chi connectivity index (χ1) is 25.4. The molecule has 0 saturated carbocycles. The molecule has 2 aliphatic rings. The van der Waals surface area contributed by atoms with Gasteiger partial charge < -0.3 is 24.5 Å². The molecular weight excluding hydrogens is 656 g/mol. The van der Waals surface area contributed by atoms with Crippen LogP contribution in [0.5, 0.6) is 0 Å². The number of nitrogens with one attached hydrogen (secondary N) is 3. The molecule has 52 heavy (non-hydrogen) atoms. The van der Waals surface area contributed by atoms with E-state index in [-0.39, 0.29) is 24.0 Å². The molecule has 2 fully saturated rings. The lowest BCUT2D eigenvalue weighted by Gasteiger charge is -2.30. The van der Waals surface area contributed by atoms with Gasteiger partial charge in [-0.25, -0.2) is 25.0 Å². The van der Waals surface area contributed by atoms with Crippen molar-refractivity contribution in [3.63, 3.8) is 0 Å². The van der Waals surface area contributed by atoms with E-state index < -0.39 is 6.09 Å². The maximum Gasteiger partial charge on any atom is 0.426 e. The van der Waals surface area contributed by atoms with Gasteiger partial charge >= 0.3 is 12.1 Å². The number of methoxy groups -OCH3 is 1. The number of imidazole rings is 2. The average molecular weight is 697 g/mol. The zero-order chi connectivity index (χ0) is 35.8. The van der Waals surface area contributed by atoms with Crippen molar-refractivity contribution in [1.82, 2.24) is 35.2 Å². The fourth-order valence-electron chi connectivity index (χ4n) is 7.49. The molecule has 4 aromatic carbocycles. The van der Waals surface area contributed by atoms with Crippen molar-refractivity contribution in [3.8, 4) is 22.3 Å². The van der Waals surface area contributed by atoms with E-state index in [1.807, 2.05) is 30.0 Å². The molecule has 0 unspecified atom stereocenters. The number of H-pyrrole nitrogens is 2. The molecule has 0 aliphatic carbocycles. The van der Waals surface area contributed by atoms with Gasteiger partial charge in [0, 0.05) is 19.5 Å². The highest BCUT2D eigenvalue weighted by Crippen LogP contribution is 2.36. The molecule has 4 heterocycles. The minimum atomic E-state index is -0.733. The second kappa shape index (κ2) is 13.9. The van der Waals surface area contributed by atoms with E-state index in [9.17, 15) is 14.4 Å². The topological polar surface area (TPSA) is 140 Å². The number of anilines is 1. The Labute approximate surface area is 300 Å². The third kappa shape index (κ3) is 6.21. The summed E-state index contributed by atoms with van der Waals surface area (Å²) in [6.45, 7) is 3.22. The fraction of sp³-hybridized carbons (Fsp3) is 0.275. The molecule has 2 aromatic heterocycles. The minimum absolute atomic E-state index is 0.00537. The lowest BCUT2D eigenvalue weighted by Crippen LogP contribution is -2.52. The largest absolute Gasteiger partial charge is 0.452 e. The monoisotopic (exact) mass is 696 g/mol. The summed E-state index contributed by atoms with van der Waals surface area (Å²) in [5.74, 6) is 1.73. The lowest BCUT2D eigenvalue weighted by molar-refractivity contribution is -0.131. The van der Waals surface area contributed by atoms with Gasteiger partial charge in [-0.05, 0) is 84.3 Å². The van der Waals surface area contributed by atoms with Crippen LogP contribution >= 0.6 is 0 Å². The van der Waals surface area contributed by atoms with Crippen molar-refractivity contribution in [1.29, 1.82) is 0 Å². The molecule has 4 amide bonds. The second-order valence-corrected chi connectivity index (χ2v) is 13.3. The maximum atomic E-state index is 13.9. The number of nitrogens with zero attached hydrogens (tertiary/aromatic N) is 5. The first-order valence-corrected chi connectivity index (χ1v) is 17.8. The van der Waals surface area contributed by atoms with E-state index in [2.05, 4.69) is 63.9 Å². The first kappa shape index (κ1) is 33.0. The number of amides is 4. The summed E-state index contributed by atoms with van der Waals surface area (Å²) >= 11 is 0. The molecule has 3 N–H and O–H groups in total. The zero-order valence-corrected chi connectivity index (χ0v) is 29.1. The van der Waals surface area contributed by atoms with Gasteiger partial charge in [-0.1, -0.05) is 61.5 Å². The van der Waals surface area contributed by atoms with Gasteiger partial charge in [0.25, 0.3) is 0 Å². The standard InChI is InChI=1S/C40H40N8O4/c1-3-36(49)46-21-7-11-34(46)37-41-30-19-17-27(23-32(30)43-37)25-13-15-26(16-14-25)28-18-20-31-33(24-28)44-38(42-31)35-12-8-22-47(35)40(51)48(45-39(50)52-2)29-9-5-4-6-10-29/h4-6,9-10,13-20,23-24,34-35H,3,7-8,11-12,21-22H2,1-2H3,(H,41,43)(H,42,44)(H,45,50)/t34-,35-/m0/s1. The highest BCUT2D eigenvalue weighted by atomic mass is 16.5. The number of para-hydroxylation sites is 1. The van der Waals surface area contributed by atoms with Gasteiger partial charge in [-0.15, -0.1) is 0 Å². The third-order valence-electron chi connectivity index (χ3n) is 10.2. The van der Waals surface area contributed by atoms with Crippen LogP contribution in [0.15, 0.2) is 91.0 Å².